The van der Waals surface area contributed by atoms with Crippen molar-refractivity contribution in [1.29, 1.82) is 0 Å². The molecule has 0 radical (unpaired) electrons. The van der Waals surface area contributed by atoms with Crippen molar-refractivity contribution in [1.82, 2.24) is 5.32 Å². The summed E-state index contributed by atoms with van der Waals surface area (Å²) >= 11 is 3.41. The number of urea groups is 1. The van der Waals surface area contributed by atoms with Crippen molar-refractivity contribution in [2.45, 2.75) is 13.8 Å². The number of fused-ring (bicyclic) bond motifs is 1. The first kappa shape index (κ1) is 21.7. The maximum absolute atomic E-state index is 13.3. The molecule has 166 valence electrons. The van der Waals surface area contributed by atoms with Gasteiger partial charge in [-0.15, -0.1) is 0 Å². The molecule has 0 bridgehead atoms. The summed E-state index contributed by atoms with van der Waals surface area (Å²) < 4.78 is 22.4. The van der Waals surface area contributed by atoms with Gasteiger partial charge in [-0.05, 0) is 49.8 Å². The number of anilines is 1. The average molecular weight is 503 g/mol. The average Bonchev–Trinajstić information content (AvgIpc) is 3.20. The summed E-state index contributed by atoms with van der Waals surface area (Å²) in [5.74, 6) is 0.187. The van der Waals surface area contributed by atoms with Crippen LogP contribution in [-0.2, 0) is 9.59 Å². The Kier molecular flexibility index (Phi) is 6.04. The van der Waals surface area contributed by atoms with E-state index >= 15 is 0 Å². The number of nitrogens with zero attached hydrogens (tertiary/aromatic N) is 1. The third-order valence-corrected chi connectivity index (χ3v) is 5.36. The van der Waals surface area contributed by atoms with Crippen LogP contribution in [0.3, 0.4) is 0 Å². The molecule has 0 atom stereocenters. The summed E-state index contributed by atoms with van der Waals surface area (Å²) in [5.41, 5.74) is 0.451. The minimum atomic E-state index is -0.878. The zero-order valence-electron chi connectivity index (χ0n) is 17.3. The molecule has 2 aliphatic heterocycles. The van der Waals surface area contributed by atoms with Gasteiger partial charge in [-0.25, -0.2) is 9.69 Å². The minimum absolute atomic E-state index is 0.0832. The molecular formula is C22H19BrN2O7. The Balaban J connectivity index is 1.77. The summed E-state index contributed by atoms with van der Waals surface area (Å²) in [6, 6.07) is 7.25. The highest BCUT2D eigenvalue weighted by Gasteiger charge is 2.38. The zero-order valence-corrected chi connectivity index (χ0v) is 18.9. The summed E-state index contributed by atoms with van der Waals surface area (Å²) in [6.45, 7) is 4.40. The second kappa shape index (κ2) is 8.91. The molecule has 2 aliphatic rings. The summed E-state index contributed by atoms with van der Waals surface area (Å²) in [6.07, 6.45) is 1.38. The highest BCUT2D eigenvalue weighted by molar-refractivity contribution is 9.10. The number of carbonyl (C=O) groups excluding carboxylic acids is 3. The van der Waals surface area contributed by atoms with Gasteiger partial charge in [0.2, 0.25) is 6.79 Å². The van der Waals surface area contributed by atoms with E-state index < -0.39 is 17.8 Å². The third-order valence-electron chi connectivity index (χ3n) is 4.68. The van der Waals surface area contributed by atoms with E-state index in [4.69, 9.17) is 18.9 Å². The first-order valence-corrected chi connectivity index (χ1v) is 10.6. The summed E-state index contributed by atoms with van der Waals surface area (Å²) in [5, 5.41) is 2.21. The molecular weight excluding hydrogens is 484 g/mol. The molecule has 1 N–H and O–H groups in total. The fourth-order valence-corrected chi connectivity index (χ4v) is 3.72. The van der Waals surface area contributed by atoms with Crippen molar-refractivity contribution in [2.75, 3.05) is 24.9 Å². The number of barbiturate groups is 1. The highest BCUT2D eigenvalue weighted by Crippen LogP contribution is 2.39. The van der Waals surface area contributed by atoms with Crippen molar-refractivity contribution >= 4 is 45.5 Å². The smallest absolute Gasteiger partial charge is 0.336 e. The van der Waals surface area contributed by atoms with E-state index in [9.17, 15) is 14.4 Å². The molecule has 0 aromatic heterocycles. The molecule has 1 fully saturated rings. The first-order chi connectivity index (χ1) is 15.4. The van der Waals surface area contributed by atoms with Crippen molar-refractivity contribution in [3.8, 4) is 23.0 Å². The van der Waals surface area contributed by atoms with E-state index in [2.05, 4.69) is 21.2 Å². The van der Waals surface area contributed by atoms with Crippen molar-refractivity contribution in [3.05, 3.63) is 45.9 Å². The van der Waals surface area contributed by atoms with Crippen molar-refractivity contribution in [2.24, 2.45) is 0 Å². The van der Waals surface area contributed by atoms with Crippen LogP contribution in [-0.4, -0.2) is 37.9 Å². The van der Waals surface area contributed by atoms with Gasteiger partial charge >= 0.3 is 6.03 Å². The standard InChI is InChI=1S/C22H19BrN2O7/c1-3-29-13-5-6-17(30-4-2)16(9-13)25-21(27)14(20(26)24-22(25)28)7-12-8-18-19(10-15(12)23)32-11-31-18/h5-10H,3-4,11H2,1-2H3,(H,24,26,28)/b14-7-. The molecule has 4 amide bonds. The number of rotatable bonds is 6. The molecule has 2 heterocycles. The number of amides is 4. The van der Waals surface area contributed by atoms with E-state index in [-0.39, 0.29) is 18.1 Å². The molecule has 4 rings (SSSR count). The second-order valence-electron chi connectivity index (χ2n) is 6.68. The molecule has 2 aromatic carbocycles. The lowest BCUT2D eigenvalue weighted by molar-refractivity contribution is -0.122. The van der Waals surface area contributed by atoms with Crippen LogP contribution < -0.4 is 29.2 Å². The molecule has 1 saturated heterocycles. The van der Waals surface area contributed by atoms with Crippen LogP contribution in [0.1, 0.15) is 19.4 Å². The lowest BCUT2D eigenvalue weighted by Crippen LogP contribution is -2.54. The monoisotopic (exact) mass is 502 g/mol. The van der Waals surface area contributed by atoms with Crippen LogP contribution >= 0.6 is 15.9 Å². The first-order valence-electron chi connectivity index (χ1n) is 9.83. The largest absolute Gasteiger partial charge is 0.494 e. The van der Waals surface area contributed by atoms with Crippen LogP contribution in [0.5, 0.6) is 23.0 Å². The van der Waals surface area contributed by atoms with Gasteiger partial charge in [0, 0.05) is 10.5 Å². The van der Waals surface area contributed by atoms with Gasteiger partial charge in [0.25, 0.3) is 11.8 Å². The van der Waals surface area contributed by atoms with E-state index in [1.807, 2.05) is 6.92 Å². The van der Waals surface area contributed by atoms with Gasteiger partial charge in [-0.2, -0.15) is 0 Å². The van der Waals surface area contributed by atoms with Gasteiger partial charge in [0.15, 0.2) is 11.5 Å². The quantitative estimate of drug-likeness (QED) is 0.474. The van der Waals surface area contributed by atoms with Gasteiger partial charge in [0.1, 0.15) is 17.1 Å². The molecule has 10 heteroatoms. The molecule has 0 aliphatic carbocycles. The number of hydrogen-bond acceptors (Lipinski definition) is 7. The highest BCUT2D eigenvalue weighted by atomic mass is 79.9. The van der Waals surface area contributed by atoms with E-state index in [0.717, 1.165) is 4.90 Å². The SMILES string of the molecule is CCOc1ccc(OCC)c(N2C(=O)NC(=O)/C(=C/c3cc4c(cc3Br)OCO4)C2=O)c1. The van der Waals surface area contributed by atoms with E-state index in [1.54, 1.807) is 31.2 Å². The van der Waals surface area contributed by atoms with Crippen LogP contribution in [0, 0.1) is 0 Å². The predicted molar refractivity (Wildman–Crippen MR) is 118 cm³/mol. The summed E-state index contributed by atoms with van der Waals surface area (Å²) in [7, 11) is 0. The Labute approximate surface area is 192 Å². The number of hydrogen-bond donors (Lipinski definition) is 1. The van der Waals surface area contributed by atoms with E-state index in [1.165, 1.54) is 12.1 Å². The Morgan fingerprint density at radius 3 is 2.50 bits per heavy atom. The lowest BCUT2D eigenvalue weighted by atomic mass is 10.1. The molecule has 9 nitrogen and oxygen atoms in total. The minimum Gasteiger partial charge on any atom is -0.494 e. The Morgan fingerprint density at radius 1 is 1.06 bits per heavy atom. The van der Waals surface area contributed by atoms with Crippen molar-refractivity contribution < 1.29 is 33.3 Å². The molecule has 0 unspecified atom stereocenters. The van der Waals surface area contributed by atoms with Crippen LogP contribution in [0.15, 0.2) is 40.4 Å². The topological polar surface area (TPSA) is 103 Å². The number of carbonyl (C=O) groups is 3. The van der Waals surface area contributed by atoms with E-state index in [0.29, 0.717) is 46.2 Å². The third kappa shape index (κ3) is 4.01. The fraction of sp³-hybridized carbons (Fsp3) is 0.227. The van der Waals surface area contributed by atoms with Crippen LogP contribution in [0.2, 0.25) is 0 Å². The summed E-state index contributed by atoms with van der Waals surface area (Å²) in [4.78, 5) is 39.4. The zero-order chi connectivity index (χ0) is 22.8. The van der Waals surface area contributed by atoms with Gasteiger partial charge in [-0.3, -0.25) is 14.9 Å². The van der Waals surface area contributed by atoms with Crippen LogP contribution in [0.4, 0.5) is 10.5 Å². The molecule has 2 aromatic rings. The normalized spacial score (nSPS) is 16.4. The number of halogens is 1. The Bertz CT molecular complexity index is 1150. The van der Waals surface area contributed by atoms with Crippen LogP contribution in [0.25, 0.3) is 6.08 Å². The number of imide groups is 2. The maximum Gasteiger partial charge on any atom is 0.336 e. The lowest BCUT2D eigenvalue weighted by Gasteiger charge is -2.28. The van der Waals surface area contributed by atoms with Gasteiger partial charge in [0.05, 0.1) is 18.9 Å². The number of benzene rings is 2. The Hall–Kier alpha value is -3.53. The second-order valence-corrected chi connectivity index (χ2v) is 7.53. The van der Waals surface area contributed by atoms with Crippen molar-refractivity contribution in [3.63, 3.8) is 0 Å². The van der Waals surface area contributed by atoms with Gasteiger partial charge in [-0.1, -0.05) is 15.9 Å². The molecule has 0 saturated carbocycles. The maximum atomic E-state index is 13.3. The molecule has 32 heavy (non-hydrogen) atoms. The Morgan fingerprint density at radius 2 is 1.78 bits per heavy atom. The molecule has 0 spiro atoms. The van der Waals surface area contributed by atoms with Gasteiger partial charge < -0.3 is 18.9 Å². The number of nitrogens with one attached hydrogen (secondary N) is 1. The predicted octanol–water partition coefficient (Wildman–Crippen LogP) is 3.64. The fourth-order valence-electron chi connectivity index (χ4n) is 3.28. The number of ether oxygens (including phenoxy) is 4.